The molecule has 2 N–H and O–H groups in total. The summed E-state index contributed by atoms with van der Waals surface area (Å²) in [5, 5.41) is 26.9. The third kappa shape index (κ3) is 2.98. The van der Waals surface area contributed by atoms with Crippen molar-refractivity contribution in [1.82, 2.24) is 20.6 Å². The maximum Gasteiger partial charge on any atom is 0.433 e. The van der Waals surface area contributed by atoms with Crippen LogP contribution in [0.3, 0.4) is 0 Å². The van der Waals surface area contributed by atoms with Crippen LogP contribution in [0.15, 0.2) is 27.7 Å². The van der Waals surface area contributed by atoms with E-state index in [9.17, 15) is 10.1 Å². The number of hydrazone groups is 1. The van der Waals surface area contributed by atoms with Crippen molar-refractivity contribution in [3.63, 3.8) is 0 Å². The summed E-state index contributed by atoms with van der Waals surface area (Å²) in [7, 11) is 0. The van der Waals surface area contributed by atoms with Gasteiger partial charge in [-0.05, 0) is 23.4 Å². The molecule has 0 saturated heterocycles. The number of allylic oxidation sites excluding steroid dienone is 1. The van der Waals surface area contributed by atoms with Crippen LogP contribution in [0.1, 0.15) is 5.76 Å². The van der Waals surface area contributed by atoms with Gasteiger partial charge in [0.2, 0.25) is 0 Å². The number of rotatable bonds is 5. The normalized spacial score (nSPS) is 11.3. The monoisotopic (exact) mass is 249 g/mol. The van der Waals surface area contributed by atoms with E-state index in [-0.39, 0.29) is 11.8 Å². The van der Waals surface area contributed by atoms with Gasteiger partial charge in [-0.15, -0.1) is 5.10 Å². The summed E-state index contributed by atoms with van der Waals surface area (Å²) in [6.07, 6.45) is 4.47. The smallest absolute Gasteiger partial charge is 0.401 e. The lowest BCUT2D eigenvalue weighted by Crippen LogP contribution is -1.90. The van der Waals surface area contributed by atoms with Crippen LogP contribution in [0.5, 0.6) is 0 Å². The molecule has 0 atom stereocenters. The summed E-state index contributed by atoms with van der Waals surface area (Å²) in [5.41, 5.74) is 2.50. The Kier molecular flexibility index (Phi) is 3.39. The lowest BCUT2D eigenvalue weighted by atomic mass is 10.4. The quantitative estimate of drug-likeness (QED) is 0.454. The van der Waals surface area contributed by atoms with Crippen LogP contribution < -0.4 is 5.43 Å². The number of aromatic nitrogens is 4. The lowest BCUT2D eigenvalue weighted by molar-refractivity contribution is -0.402. The molecule has 0 aromatic carbocycles. The molecule has 0 amide bonds. The molecule has 92 valence electrons. The molecule has 0 bridgehead atoms. The number of aromatic amines is 1. The molecule has 0 fully saturated rings. The van der Waals surface area contributed by atoms with E-state index in [2.05, 4.69) is 31.2 Å². The van der Waals surface area contributed by atoms with E-state index in [1.807, 2.05) is 0 Å². The number of furan rings is 1. The predicted molar refractivity (Wildman–Crippen MR) is 60.7 cm³/mol. The Hall–Kier alpha value is -3.04. The average molecular weight is 249 g/mol. The van der Waals surface area contributed by atoms with E-state index >= 15 is 0 Å². The van der Waals surface area contributed by atoms with Gasteiger partial charge in [0.25, 0.3) is 5.95 Å². The van der Waals surface area contributed by atoms with Crippen LogP contribution in [0.4, 0.5) is 11.8 Å². The van der Waals surface area contributed by atoms with Gasteiger partial charge in [-0.2, -0.15) is 10.3 Å². The minimum atomic E-state index is -0.608. The molecular formula is C8H7N7O3. The molecule has 18 heavy (non-hydrogen) atoms. The molecular weight excluding hydrogens is 242 g/mol. The predicted octanol–water partition coefficient (Wildman–Crippen LogP) is 0.812. The van der Waals surface area contributed by atoms with Crippen molar-refractivity contribution < 1.29 is 9.34 Å². The van der Waals surface area contributed by atoms with Crippen molar-refractivity contribution >= 4 is 24.1 Å². The summed E-state index contributed by atoms with van der Waals surface area (Å²) in [4.78, 5) is 9.74. The minimum Gasteiger partial charge on any atom is -0.401 e. The van der Waals surface area contributed by atoms with E-state index in [1.54, 1.807) is 0 Å². The number of hydrogen-bond donors (Lipinski definition) is 2. The fraction of sp³-hybridized carbons (Fsp3) is 0. The summed E-state index contributed by atoms with van der Waals surface area (Å²) in [6, 6.07) is 2.75. The zero-order valence-corrected chi connectivity index (χ0v) is 8.85. The van der Waals surface area contributed by atoms with Crippen molar-refractivity contribution in [3.05, 3.63) is 34.1 Å². The SMILES string of the molecule is O=[N+]([O-])c1ccc(C=CC=NNc2nn[nH]n2)o1. The standard InChI is InChI=1S/C8H7N7O3/c16-15(17)7-4-3-6(18-7)2-1-5-9-10-8-11-13-14-12-8/h1-5H,(H2,10,11,12,13,14). The van der Waals surface area contributed by atoms with E-state index in [4.69, 9.17) is 4.42 Å². The van der Waals surface area contributed by atoms with Crippen molar-refractivity contribution in [3.8, 4) is 0 Å². The molecule has 0 saturated carbocycles. The number of hydrogen-bond acceptors (Lipinski definition) is 8. The number of H-pyrrole nitrogens is 1. The van der Waals surface area contributed by atoms with Gasteiger partial charge in [0.05, 0.1) is 6.07 Å². The third-order valence-electron chi connectivity index (χ3n) is 1.72. The fourth-order valence-electron chi connectivity index (χ4n) is 1.01. The minimum absolute atomic E-state index is 0.230. The van der Waals surface area contributed by atoms with Gasteiger partial charge in [0, 0.05) is 6.21 Å². The van der Waals surface area contributed by atoms with E-state index in [0.717, 1.165) is 0 Å². The zero-order chi connectivity index (χ0) is 12.8. The van der Waals surface area contributed by atoms with Crippen molar-refractivity contribution in [2.45, 2.75) is 0 Å². The van der Waals surface area contributed by atoms with Crippen LogP contribution in [0.25, 0.3) is 6.08 Å². The van der Waals surface area contributed by atoms with Gasteiger partial charge < -0.3 is 4.42 Å². The number of nitro groups is 1. The molecule has 0 aliphatic carbocycles. The summed E-state index contributed by atoms with van der Waals surface area (Å²) >= 11 is 0. The van der Waals surface area contributed by atoms with Crippen LogP contribution in [0, 0.1) is 10.1 Å². The van der Waals surface area contributed by atoms with Crippen LogP contribution in [-0.4, -0.2) is 31.8 Å². The second-order valence-corrected chi connectivity index (χ2v) is 2.92. The van der Waals surface area contributed by atoms with Gasteiger partial charge in [-0.1, -0.05) is 5.10 Å². The first-order valence-electron chi connectivity index (χ1n) is 4.69. The largest absolute Gasteiger partial charge is 0.433 e. The lowest BCUT2D eigenvalue weighted by Gasteiger charge is -1.86. The Morgan fingerprint density at radius 1 is 1.56 bits per heavy atom. The molecule has 2 rings (SSSR count). The van der Waals surface area contributed by atoms with Crippen LogP contribution >= 0.6 is 0 Å². The Bertz CT molecular complexity index is 571. The molecule has 2 aromatic heterocycles. The average Bonchev–Trinajstić information content (AvgIpc) is 2.98. The molecule has 0 radical (unpaired) electrons. The molecule has 0 aliphatic rings. The topological polar surface area (TPSA) is 135 Å². The molecule has 10 nitrogen and oxygen atoms in total. The second-order valence-electron chi connectivity index (χ2n) is 2.92. The first-order chi connectivity index (χ1) is 8.75. The van der Waals surface area contributed by atoms with Crippen LogP contribution in [0.2, 0.25) is 0 Å². The Balaban J connectivity index is 1.86. The first-order valence-corrected chi connectivity index (χ1v) is 4.69. The summed E-state index contributed by atoms with van der Waals surface area (Å²) in [5.74, 6) is 0.275. The number of nitrogens with zero attached hydrogens (tertiary/aromatic N) is 5. The Morgan fingerprint density at radius 3 is 3.11 bits per heavy atom. The molecule has 2 aromatic rings. The fourth-order valence-corrected chi connectivity index (χ4v) is 1.01. The van der Waals surface area contributed by atoms with E-state index < -0.39 is 4.92 Å². The molecule has 0 unspecified atom stereocenters. The molecule has 2 heterocycles. The maximum atomic E-state index is 10.4. The first kappa shape index (κ1) is 11.4. The Labute approximate surface area is 99.5 Å². The van der Waals surface area contributed by atoms with E-state index in [1.165, 1.54) is 30.5 Å². The highest BCUT2D eigenvalue weighted by Crippen LogP contribution is 2.16. The van der Waals surface area contributed by atoms with Crippen molar-refractivity contribution in [1.29, 1.82) is 0 Å². The maximum absolute atomic E-state index is 10.4. The van der Waals surface area contributed by atoms with Gasteiger partial charge in [-0.25, -0.2) is 5.43 Å². The van der Waals surface area contributed by atoms with Crippen LogP contribution in [-0.2, 0) is 0 Å². The molecule has 0 aliphatic heterocycles. The third-order valence-corrected chi connectivity index (χ3v) is 1.72. The highest BCUT2D eigenvalue weighted by Gasteiger charge is 2.09. The second kappa shape index (κ2) is 5.34. The van der Waals surface area contributed by atoms with Crippen molar-refractivity contribution in [2.75, 3.05) is 5.43 Å². The van der Waals surface area contributed by atoms with Crippen molar-refractivity contribution in [2.24, 2.45) is 5.10 Å². The highest BCUT2D eigenvalue weighted by atomic mass is 16.6. The Morgan fingerprint density at radius 2 is 2.44 bits per heavy atom. The molecule has 10 heteroatoms. The van der Waals surface area contributed by atoms with Gasteiger partial charge >= 0.3 is 5.88 Å². The summed E-state index contributed by atoms with van der Waals surface area (Å²) < 4.78 is 4.89. The number of tetrazole rings is 1. The van der Waals surface area contributed by atoms with E-state index in [0.29, 0.717) is 5.76 Å². The van der Waals surface area contributed by atoms with Gasteiger partial charge in [0.15, 0.2) is 0 Å². The zero-order valence-electron chi connectivity index (χ0n) is 8.85. The molecule has 0 spiro atoms. The number of anilines is 1. The number of nitrogens with one attached hydrogen (secondary N) is 2. The highest BCUT2D eigenvalue weighted by molar-refractivity contribution is 5.77. The van der Waals surface area contributed by atoms with Gasteiger partial charge in [0.1, 0.15) is 10.7 Å². The summed E-state index contributed by atoms with van der Waals surface area (Å²) in [6.45, 7) is 0. The van der Waals surface area contributed by atoms with Gasteiger partial charge in [-0.3, -0.25) is 10.1 Å².